The summed E-state index contributed by atoms with van der Waals surface area (Å²) in [5, 5.41) is 8.42. The number of piperidine rings is 1. The minimum Gasteiger partial charge on any atom is -0.366 e. The van der Waals surface area contributed by atoms with Crippen LogP contribution in [0.1, 0.15) is 23.2 Å². The first-order valence-corrected chi connectivity index (χ1v) is 10.1. The van der Waals surface area contributed by atoms with E-state index in [0.717, 1.165) is 36.0 Å². The van der Waals surface area contributed by atoms with E-state index in [1.165, 1.54) is 6.08 Å². The number of likely N-dealkylation sites (tertiary alicyclic amines) is 1. The van der Waals surface area contributed by atoms with Gasteiger partial charge in [0.25, 0.3) is 5.91 Å². The predicted octanol–water partition coefficient (Wildman–Crippen LogP) is 4.08. The largest absolute Gasteiger partial charge is 0.366 e. The van der Waals surface area contributed by atoms with E-state index in [1.54, 1.807) is 24.3 Å². The second kappa shape index (κ2) is 8.78. The molecule has 1 aliphatic heterocycles. The second-order valence-electron chi connectivity index (χ2n) is 7.42. The SMILES string of the molecule is C=CC(=O)Nc1ccc(C(=O)N2CCCC(Nc3cc4ccccc4cn3)C2)cc1. The molecule has 2 N–H and O–H groups in total. The van der Waals surface area contributed by atoms with E-state index in [-0.39, 0.29) is 17.9 Å². The molecule has 2 amide bonds. The van der Waals surface area contributed by atoms with Crippen molar-refractivity contribution in [3.05, 3.63) is 79.0 Å². The molecule has 0 saturated carbocycles. The van der Waals surface area contributed by atoms with E-state index in [4.69, 9.17) is 0 Å². The molecule has 152 valence electrons. The van der Waals surface area contributed by atoms with Gasteiger partial charge in [0.2, 0.25) is 5.91 Å². The first kappa shape index (κ1) is 19.6. The fourth-order valence-electron chi connectivity index (χ4n) is 3.72. The molecule has 2 heterocycles. The Morgan fingerprint density at radius 3 is 2.63 bits per heavy atom. The highest BCUT2D eigenvalue weighted by atomic mass is 16.2. The number of benzene rings is 2. The van der Waals surface area contributed by atoms with Crippen LogP contribution in [0.3, 0.4) is 0 Å². The lowest BCUT2D eigenvalue weighted by molar-refractivity contribution is -0.111. The van der Waals surface area contributed by atoms with E-state index >= 15 is 0 Å². The Balaban J connectivity index is 1.40. The van der Waals surface area contributed by atoms with E-state index < -0.39 is 0 Å². The number of fused-ring (bicyclic) bond motifs is 1. The number of rotatable bonds is 5. The predicted molar refractivity (Wildman–Crippen MR) is 120 cm³/mol. The van der Waals surface area contributed by atoms with Gasteiger partial charge in [-0.1, -0.05) is 30.8 Å². The quantitative estimate of drug-likeness (QED) is 0.633. The normalized spacial score (nSPS) is 16.1. The summed E-state index contributed by atoms with van der Waals surface area (Å²) >= 11 is 0. The Morgan fingerprint density at radius 2 is 1.87 bits per heavy atom. The summed E-state index contributed by atoms with van der Waals surface area (Å²) in [7, 11) is 0. The molecule has 6 heteroatoms. The zero-order valence-electron chi connectivity index (χ0n) is 16.7. The average molecular weight is 400 g/mol. The van der Waals surface area contributed by atoms with E-state index in [9.17, 15) is 9.59 Å². The topological polar surface area (TPSA) is 74.3 Å². The summed E-state index contributed by atoms with van der Waals surface area (Å²) in [6, 6.07) is 17.3. The van der Waals surface area contributed by atoms with Crippen molar-refractivity contribution in [2.24, 2.45) is 0 Å². The van der Waals surface area contributed by atoms with Gasteiger partial charge < -0.3 is 15.5 Å². The third-order valence-electron chi connectivity index (χ3n) is 5.28. The monoisotopic (exact) mass is 400 g/mol. The third kappa shape index (κ3) is 4.49. The first-order chi connectivity index (χ1) is 14.6. The highest BCUT2D eigenvalue weighted by Crippen LogP contribution is 2.21. The van der Waals surface area contributed by atoms with E-state index in [1.807, 2.05) is 35.4 Å². The summed E-state index contributed by atoms with van der Waals surface area (Å²) < 4.78 is 0. The number of hydrogen-bond acceptors (Lipinski definition) is 4. The van der Waals surface area contributed by atoms with Crippen LogP contribution in [0.25, 0.3) is 10.8 Å². The van der Waals surface area contributed by atoms with Crippen molar-refractivity contribution in [2.45, 2.75) is 18.9 Å². The first-order valence-electron chi connectivity index (χ1n) is 10.1. The van der Waals surface area contributed by atoms with Gasteiger partial charge in [0.15, 0.2) is 0 Å². The van der Waals surface area contributed by atoms with Gasteiger partial charge in [0.05, 0.1) is 0 Å². The fraction of sp³-hybridized carbons (Fsp3) is 0.208. The molecule has 3 aromatic rings. The van der Waals surface area contributed by atoms with Gasteiger partial charge in [0.1, 0.15) is 5.82 Å². The highest BCUT2D eigenvalue weighted by molar-refractivity contribution is 5.99. The fourth-order valence-corrected chi connectivity index (χ4v) is 3.72. The van der Waals surface area contributed by atoms with Gasteiger partial charge in [0, 0.05) is 42.0 Å². The van der Waals surface area contributed by atoms with Crippen LogP contribution < -0.4 is 10.6 Å². The van der Waals surface area contributed by atoms with Crippen LogP contribution in [-0.4, -0.2) is 40.8 Å². The number of hydrogen-bond donors (Lipinski definition) is 2. The number of carbonyl (C=O) groups is 2. The summed E-state index contributed by atoms with van der Waals surface area (Å²) in [6.45, 7) is 4.79. The Bertz CT molecular complexity index is 1080. The van der Waals surface area contributed by atoms with Crippen LogP contribution in [0.4, 0.5) is 11.5 Å². The molecule has 1 aliphatic rings. The molecule has 6 nitrogen and oxygen atoms in total. The van der Waals surface area contributed by atoms with Crippen LogP contribution in [-0.2, 0) is 4.79 Å². The van der Waals surface area contributed by atoms with Crippen molar-refractivity contribution >= 4 is 34.1 Å². The molecule has 30 heavy (non-hydrogen) atoms. The van der Waals surface area contributed by atoms with E-state index in [0.29, 0.717) is 17.8 Å². The Morgan fingerprint density at radius 1 is 1.10 bits per heavy atom. The van der Waals surface area contributed by atoms with Gasteiger partial charge in [-0.15, -0.1) is 0 Å². The number of aromatic nitrogens is 1. The molecular formula is C24H24N4O2. The maximum atomic E-state index is 12.9. The summed E-state index contributed by atoms with van der Waals surface area (Å²) in [6.07, 6.45) is 5.01. The molecule has 1 aromatic heterocycles. The van der Waals surface area contributed by atoms with Gasteiger partial charge >= 0.3 is 0 Å². The van der Waals surface area contributed by atoms with Gasteiger partial charge in [-0.25, -0.2) is 4.98 Å². The number of anilines is 2. The molecular weight excluding hydrogens is 376 g/mol. The number of nitrogens with zero attached hydrogens (tertiary/aromatic N) is 2. The second-order valence-corrected chi connectivity index (χ2v) is 7.42. The number of pyridine rings is 1. The molecule has 1 fully saturated rings. The van der Waals surface area contributed by atoms with Gasteiger partial charge in [-0.05, 0) is 54.6 Å². The van der Waals surface area contributed by atoms with Crippen molar-refractivity contribution in [2.75, 3.05) is 23.7 Å². The lowest BCUT2D eigenvalue weighted by Gasteiger charge is -2.33. The van der Waals surface area contributed by atoms with Crippen molar-refractivity contribution in [3.8, 4) is 0 Å². The molecule has 0 bridgehead atoms. The number of carbonyl (C=O) groups excluding carboxylic acids is 2. The van der Waals surface area contributed by atoms with Gasteiger partial charge in [-0.2, -0.15) is 0 Å². The molecule has 1 unspecified atom stereocenters. The Kier molecular flexibility index (Phi) is 5.75. The van der Waals surface area contributed by atoms with Crippen molar-refractivity contribution in [1.82, 2.24) is 9.88 Å². The summed E-state index contributed by atoms with van der Waals surface area (Å²) in [5.74, 6) is 0.547. The van der Waals surface area contributed by atoms with E-state index in [2.05, 4.69) is 28.3 Å². The lowest BCUT2D eigenvalue weighted by atomic mass is 10.0. The molecule has 0 aliphatic carbocycles. The molecule has 1 saturated heterocycles. The number of nitrogens with one attached hydrogen (secondary N) is 2. The van der Waals surface area contributed by atoms with Crippen molar-refractivity contribution in [3.63, 3.8) is 0 Å². The Labute approximate surface area is 175 Å². The molecule has 1 atom stereocenters. The van der Waals surface area contributed by atoms with Crippen molar-refractivity contribution in [1.29, 1.82) is 0 Å². The molecule has 0 radical (unpaired) electrons. The smallest absolute Gasteiger partial charge is 0.253 e. The maximum Gasteiger partial charge on any atom is 0.253 e. The molecule has 0 spiro atoms. The van der Waals surface area contributed by atoms with Crippen LogP contribution in [0.15, 0.2) is 73.4 Å². The maximum absolute atomic E-state index is 12.9. The minimum atomic E-state index is -0.277. The highest BCUT2D eigenvalue weighted by Gasteiger charge is 2.24. The average Bonchev–Trinajstić information content (AvgIpc) is 2.79. The zero-order valence-corrected chi connectivity index (χ0v) is 16.7. The summed E-state index contributed by atoms with van der Waals surface area (Å²) in [4.78, 5) is 30.7. The summed E-state index contributed by atoms with van der Waals surface area (Å²) in [5.41, 5.74) is 1.24. The molecule has 2 aromatic carbocycles. The van der Waals surface area contributed by atoms with Crippen LogP contribution in [0, 0.1) is 0 Å². The standard InChI is InChI=1S/C24H24N4O2/c1-2-23(29)27-20-11-9-17(10-12-20)24(30)28-13-5-8-21(16-28)26-22-14-18-6-3-4-7-19(18)15-25-22/h2-4,6-7,9-12,14-15,21H,1,5,8,13,16H2,(H,25,26)(H,27,29). The van der Waals surface area contributed by atoms with Crippen LogP contribution in [0.2, 0.25) is 0 Å². The molecule has 4 rings (SSSR count). The van der Waals surface area contributed by atoms with Crippen LogP contribution >= 0.6 is 0 Å². The third-order valence-corrected chi connectivity index (χ3v) is 5.28. The van der Waals surface area contributed by atoms with Gasteiger partial charge in [-0.3, -0.25) is 9.59 Å². The number of amides is 2. The minimum absolute atomic E-state index is 0.00503. The lowest BCUT2D eigenvalue weighted by Crippen LogP contribution is -2.45. The Hall–Kier alpha value is -3.67. The zero-order chi connectivity index (χ0) is 20.9. The van der Waals surface area contributed by atoms with Crippen LogP contribution in [0.5, 0.6) is 0 Å². The van der Waals surface area contributed by atoms with Crippen molar-refractivity contribution < 1.29 is 9.59 Å².